The third kappa shape index (κ3) is 43.3. The Kier molecular flexibility index (Phi) is 44.3. The van der Waals surface area contributed by atoms with Crippen molar-refractivity contribution in [2.24, 2.45) is 0 Å². The molecule has 1 atom stereocenters. The first kappa shape index (κ1) is 54.2. The summed E-state index contributed by atoms with van der Waals surface area (Å²) >= 11 is 0. The number of carbonyl (C=O) groups excluding carboxylic acids is 3. The fraction of sp³-hybridized carbons (Fsp3) is 0.900. The van der Waals surface area contributed by atoms with Crippen LogP contribution in [0.3, 0.4) is 0 Å². The lowest BCUT2D eigenvalue weighted by Crippen LogP contribution is -2.30. The van der Waals surface area contributed by atoms with Gasteiger partial charge in [0.25, 0.3) is 0 Å². The van der Waals surface area contributed by atoms with Crippen LogP contribution in [0, 0.1) is 0 Å². The molecule has 0 N–H and O–H groups in total. The van der Waals surface area contributed by atoms with E-state index in [0.29, 0.717) is 19.3 Å². The molecule has 0 radical (unpaired) electrons. The van der Waals surface area contributed by atoms with Crippen LogP contribution in [-0.2, 0) is 28.6 Å². The lowest BCUT2D eigenvalue weighted by Gasteiger charge is -2.18. The predicted molar refractivity (Wildman–Crippen MR) is 238 cm³/mol. The molecule has 1 unspecified atom stereocenters. The number of hydrogen-bond acceptors (Lipinski definition) is 6. The summed E-state index contributed by atoms with van der Waals surface area (Å²) in [5.74, 6) is -0.871. The lowest BCUT2D eigenvalue weighted by molar-refractivity contribution is -0.167. The van der Waals surface area contributed by atoms with E-state index in [4.69, 9.17) is 14.2 Å². The normalized spacial score (nSPS) is 12.0. The zero-order valence-corrected chi connectivity index (χ0v) is 37.7. The number of carbonyl (C=O) groups is 3. The molecule has 6 heteroatoms. The van der Waals surface area contributed by atoms with Crippen LogP contribution in [0.15, 0.2) is 12.2 Å². The maximum atomic E-state index is 12.7. The smallest absolute Gasteiger partial charge is 0.306 e. The number of rotatable bonds is 45. The molecule has 0 aromatic carbocycles. The van der Waals surface area contributed by atoms with Gasteiger partial charge in [0, 0.05) is 19.3 Å². The van der Waals surface area contributed by atoms with Crippen molar-refractivity contribution in [3.8, 4) is 0 Å². The Balaban J connectivity index is 4.27. The van der Waals surface area contributed by atoms with E-state index in [1.54, 1.807) is 0 Å². The summed E-state index contributed by atoms with van der Waals surface area (Å²) in [6, 6.07) is 0. The molecular formula is C50H94O6. The minimum Gasteiger partial charge on any atom is -0.462 e. The molecule has 330 valence electrons. The van der Waals surface area contributed by atoms with Crippen LogP contribution >= 0.6 is 0 Å². The van der Waals surface area contributed by atoms with Crippen molar-refractivity contribution in [3.05, 3.63) is 12.2 Å². The molecule has 0 aromatic heterocycles. The highest BCUT2D eigenvalue weighted by Gasteiger charge is 2.19. The minimum absolute atomic E-state index is 0.0686. The van der Waals surface area contributed by atoms with Crippen molar-refractivity contribution >= 4 is 17.9 Å². The molecule has 0 saturated carbocycles. The maximum Gasteiger partial charge on any atom is 0.306 e. The van der Waals surface area contributed by atoms with Crippen molar-refractivity contribution in [1.82, 2.24) is 0 Å². The van der Waals surface area contributed by atoms with Crippen molar-refractivity contribution in [1.29, 1.82) is 0 Å². The van der Waals surface area contributed by atoms with Crippen LogP contribution in [0.4, 0.5) is 0 Å². The highest BCUT2D eigenvalue weighted by atomic mass is 16.6. The molecular weight excluding hydrogens is 697 g/mol. The van der Waals surface area contributed by atoms with Crippen LogP contribution in [0.2, 0.25) is 0 Å². The summed E-state index contributed by atoms with van der Waals surface area (Å²) in [6.45, 7) is 6.60. The molecule has 0 rings (SSSR count). The Labute approximate surface area is 348 Å². The Morgan fingerprint density at radius 3 is 0.946 bits per heavy atom. The first-order chi connectivity index (χ1) is 27.5. The second kappa shape index (κ2) is 45.8. The highest BCUT2D eigenvalue weighted by molar-refractivity contribution is 5.71. The van der Waals surface area contributed by atoms with E-state index in [2.05, 4.69) is 32.9 Å². The topological polar surface area (TPSA) is 78.9 Å². The van der Waals surface area contributed by atoms with E-state index in [1.165, 1.54) is 154 Å². The summed E-state index contributed by atoms with van der Waals surface area (Å²) in [5.41, 5.74) is 0. The van der Waals surface area contributed by atoms with Crippen LogP contribution < -0.4 is 0 Å². The second-order valence-corrected chi connectivity index (χ2v) is 16.7. The van der Waals surface area contributed by atoms with E-state index in [1.807, 2.05) is 0 Å². The minimum atomic E-state index is -0.766. The van der Waals surface area contributed by atoms with Gasteiger partial charge in [0.2, 0.25) is 0 Å². The fourth-order valence-corrected chi connectivity index (χ4v) is 7.25. The Hall–Kier alpha value is -1.85. The predicted octanol–water partition coefficient (Wildman–Crippen LogP) is 15.8. The zero-order valence-electron chi connectivity index (χ0n) is 37.7. The van der Waals surface area contributed by atoms with Crippen molar-refractivity contribution < 1.29 is 28.6 Å². The summed E-state index contributed by atoms with van der Waals surface area (Å²) in [7, 11) is 0. The lowest BCUT2D eigenvalue weighted by atomic mass is 10.0. The van der Waals surface area contributed by atoms with Crippen molar-refractivity contribution in [3.63, 3.8) is 0 Å². The van der Waals surface area contributed by atoms with Gasteiger partial charge in [-0.25, -0.2) is 0 Å². The average Bonchev–Trinajstić information content (AvgIpc) is 3.19. The molecule has 0 saturated heterocycles. The van der Waals surface area contributed by atoms with E-state index in [9.17, 15) is 14.4 Å². The van der Waals surface area contributed by atoms with Gasteiger partial charge in [-0.15, -0.1) is 0 Å². The second-order valence-electron chi connectivity index (χ2n) is 16.7. The SMILES string of the molecule is CCCC/C=C\CCCCCCC(=O)OCC(COC(=O)CCCCCCCCCCCCCCCCCCC)OC(=O)CCCCCCCCCCCCC. The molecule has 0 heterocycles. The van der Waals surface area contributed by atoms with Crippen molar-refractivity contribution in [2.75, 3.05) is 13.2 Å². The van der Waals surface area contributed by atoms with Gasteiger partial charge in [0.15, 0.2) is 6.10 Å². The van der Waals surface area contributed by atoms with Gasteiger partial charge in [-0.1, -0.05) is 226 Å². The third-order valence-electron chi connectivity index (χ3n) is 11.0. The van der Waals surface area contributed by atoms with Gasteiger partial charge in [-0.2, -0.15) is 0 Å². The molecule has 0 aliphatic carbocycles. The average molecular weight is 791 g/mol. The van der Waals surface area contributed by atoms with Crippen LogP contribution in [0.1, 0.15) is 271 Å². The van der Waals surface area contributed by atoms with Gasteiger partial charge in [0.1, 0.15) is 13.2 Å². The van der Waals surface area contributed by atoms with E-state index >= 15 is 0 Å². The first-order valence-corrected chi connectivity index (χ1v) is 24.7. The summed E-state index contributed by atoms with van der Waals surface area (Å²) < 4.78 is 16.7. The summed E-state index contributed by atoms with van der Waals surface area (Å²) in [6.07, 6.45) is 49.1. The first-order valence-electron chi connectivity index (χ1n) is 24.7. The molecule has 0 aromatic rings. The Bertz CT molecular complexity index is 870. The fourth-order valence-electron chi connectivity index (χ4n) is 7.25. The largest absolute Gasteiger partial charge is 0.462 e. The van der Waals surface area contributed by atoms with Gasteiger partial charge >= 0.3 is 17.9 Å². The van der Waals surface area contributed by atoms with E-state index < -0.39 is 6.10 Å². The summed E-state index contributed by atoms with van der Waals surface area (Å²) in [5, 5.41) is 0. The highest BCUT2D eigenvalue weighted by Crippen LogP contribution is 2.16. The van der Waals surface area contributed by atoms with Crippen LogP contribution in [0.25, 0.3) is 0 Å². The Morgan fingerprint density at radius 1 is 0.339 bits per heavy atom. The van der Waals surface area contributed by atoms with Gasteiger partial charge < -0.3 is 14.2 Å². The number of allylic oxidation sites excluding steroid dienone is 2. The zero-order chi connectivity index (χ0) is 40.8. The molecule has 0 amide bonds. The van der Waals surface area contributed by atoms with Crippen molar-refractivity contribution in [2.45, 2.75) is 277 Å². The molecule has 0 spiro atoms. The quantitative estimate of drug-likeness (QED) is 0.0264. The number of esters is 3. The number of hydrogen-bond donors (Lipinski definition) is 0. The molecule has 0 aliphatic rings. The number of ether oxygens (including phenoxy) is 3. The maximum absolute atomic E-state index is 12.7. The van der Waals surface area contributed by atoms with Gasteiger partial charge in [-0.05, 0) is 38.5 Å². The molecule has 0 bridgehead atoms. The van der Waals surface area contributed by atoms with Gasteiger partial charge in [0.05, 0.1) is 0 Å². The molecule has 0 aliphatic heterocycles. The Morgan fingerprint density at radius 2 is 0.607 bits per heavy atom. The standard InChI is InChI=1S/C50H94O6/c1-4-7-10-13-16-19-22-23-24-25-26-27-29-31-34-37-40-43-49(52)55-46-47(45-54-48(51)42-39-36-33-30-21-18-15-12-9-6-3)56-50(53)44-41-38-35-32-28-20-17-14-11-8-5-2/h15,18,47H,4-14,16-17,19-46H2,1-3H3/b18-15-. The van der Waals surface area contributed by atoms with E-state index in [0.717, 1.165) is 77.0 Å². The molecule has 0 fully saturated rings. The molecule has 6 nitrogen and oxygen atoms in total. The monoisotopic (exact) mass is 791 g/mol. The number of unbranched alkanes of at least 4 members (excludes halogenated alkanes) is 32. The van der Waals surface area contributed by atoms with Crippen LogP contribution in [0.5, 0.6) is 0 Å². The van der Waals surface area contributed by atoms with Gasteiger partial charge in [-0.3, -0.25) is 14.4 Å². The summed E-state index contributed by atoms with van der Waals surface area (Å²) in [4.78, 5) is 37.8. The molecule has 56 heavy (non-hydrogen) atoms. The van der Waals surface area contributed by atoms with E-state index in [-0.39, 0.29) is 31.1 Å². The third-order valence-corrected chi connectivity index (χ3v) is 11.0. The van der Waals surface area contributed by atoms with Crippen LogP contribution in [-0.4, -0.2) is 37.2 Å².